The lowest BCUT2D eigenvalue weighted by Gasteiger charge is -2.16. The van der Waals surface area contributed by atoms with Crippen molar-refractivity contribution in [2.24, 2.45) is 4.99 Å². The van der Waals surface area contributed by atoms with Gasteiger partial charge in [0.2, 0.25) is 5.89 Å². The summed E-state index contributed by atoms with van der Waals surface area (Å²) in [7, 11) is 0. The van der Waals surface area contributed by atoms with Gasteiger partial charge in [0.25, 0.3) is 5.69 Å². The third-order valence-corrected chi connectivity index (χ3v) is 4.74. The van der Waals surface area contributed by atoms with Crippen molar-refractivity contribution in [2.75, 3.05) is 6.61 Å². The molecule has 0 saturated carbocycles. The number of hydrogen-bond donors (Lipinski definition) is 0. The Morgan fingerprint density at radius 2 is 2.03 bits per heavy atom. The number of aliphatic imine (C=N–C) groups is 1. The van der Waals surface area contributed by atoms with Crippen molar-refractivity contribution < 1.29 is 19.2 Å². The molecule has 0 spiro atoms. The number of ether oxygens (including phenoxy) is 1. The van der Waals surface area contributed by atoms with Gasteiger partial charge in [0.05, 0.1) is 33.9 Å². The topological polar surface area (TPSA) is 114 Å². The van der Waals surface area contributed by atoms with Gasteiger partial charge in [0.15, 0.2) is 5.58 Å². The highest BCUT2D eigenvalue weighted by atomic mass is 35.5. The summed E-state index contributed by atoms with van der Waals surface area (Å²) in [6.45, 7) is 1.90. The molecule has 0 aliphatic rings. The Balaban J connectivity index is 1.69. The van der Waals surface area contributed by atoms with E-state index in [9.17, 15) is 15.2 Å². The van der Waals surface area contributed by atoms with Crippen LogP contribution in [0.4, 0.5) is 11.4 Å². The van der Waals surface area contributed by atoms with Crippen molar-refractivity contribution in [3.63, 3.8) is 0 Å². The lowest BCUT2D eigenvalue weighted by Crippen LogP contribution is -2.04. The predicted octanol–water partition coefficient (Wildman–Crippen LogP) is 5.28. The molecule has 8 nitrogen and oxygen atoms in total. The maximum atomic E-state index is 12.5. The molecule has 0 bridgehead atoms. The Bertz CT molecular complexity index is 1320. The zero-order valence-electron chi connectivity index (χ0n) is 16.2. The van der Waals surface area contributed by atoms with Gasteiger partial charge in [-0.3, -0.25) is 15.1 Å². The largest absolute Gasteiger partial charge is 0.870 e. The number of oxazole rings is 1. The number of nitro groups is 1. The Morgan fingerprint density at radius 1 is 1.23 bits per heavy atom. The van der Waals surface area contributed by atoms with E-state index in [0.717, 1.165) is 6.07 Å². The molecular formula is C22H15ClN3O5-. The molecule has 4 rings (SSSR count). The number of rotatable bonds is 6. The minimum atomic E-state index is -0.586. The molecule has 0 fully saturated rings. The number of halogens is 1. The van der Waals surface area contributed by atoms with Gasteiger partial charge in [0, 0.05) is 12.3 Å². The van der Waals surface area contributed by atoms with Crippen molar-refractivity contribution >= 4 is 40.3 Å². The molecule has 0 N–H and O–H groups in total. The van der Waals surface area contributed by atoms with Crippen LogP contribution in [0.5, 0.6) is 11.5 Å². The van der Waals surface area contributed by atoms with Gasteiger partial charge in [-0.15, -0.1) is 0 Å². The summed E-state index contributed by atoms with van der Waals surface area (Å²) in [5, 5.41) is 24.2. The molecule has 1 heterocycles. The van der Waals surface area contributed by atoms with Gasteiger partial charge in [-0.05, 0) is 42.8 Å². The summed E-state index contributed by atoms with van der Waals surface area (Å²) in [5.41, 5.74) is 2.07. The quantitative estimate of drug-likeness (QED) is 0.231. The second-order valence-electron chi connectivity index (χ2n) is 6.46. The first-order valence-electron chi connectivity index (χ1n) is 9.28. The zero-order chi connectivity index (χ0) is 22.0. The van der Waals surface area contributed by atoms with E-state index in [1.54, 1.807) is 37.3 Å². The lowest BCUT2D eigenvalue weighted by atomic mass is 10.1. The standard InChI is InChI=1S/C22H16ClN3O5/c1-2-30-20-11-15(26(28)29)9-13(21(20)27)12-24-14-7-8-19-18(10-14)25-22(31-19)16-5-3-4-6-17(16)23/h3-12,27H,2H2,1H3/p-1. The summed E-state index contributed by atoms with van der Waals surface area (Å²) in [4.78, 5) is 19.3. The first-order chi connectivity index (χ1) is 15.0. The molecule has 0 unspecified atom stereocenters. The molecular weight excluding hydrogens is 422 g/mol. The summed E-state index contributed by atoms with van der Waals surface area (Å²) >= 11 is 6.21. The third kappa shape index (κ3) is 4.19. The smallest absolute Gasteiger partial charge is 0.273 e. The Kier molecular flexibility index (Phi) is 5.55. The van der Waals surface area contributed by atoms with Crippen LogP contribution in [0.2, 0.25) is 5.02 Å². The van der Waals surface area contributed by atoms with Crippen LogP contribution in [0, 0.1) is 10.1 Å². The fourth-order valence-electron chi connectivity index (χ4n) is 2.96. The van der Waals surface area contributed by atoms with Gasteiger partial charge in [-0.2, -0.15) is 0 Å². The molecule has 0 radical (unpaired) electrons. The monoisotopic (exact) mass is 436 g/mol. The molecule has 4 aromatic rings. The SMILES string of the molecule is CCOc1cc([N+](=O)[O-])cc(C=Nc2ccc3oc(-c4ccccc4Cl)nc3c2)c1[O-]. The number of benzene rings is 3. The first-order valence-corrected chi connectivity index (χ1v) is 9.66. The lowest BCUT2D eigenvalue weighted by molar-refractivity contribution is -0.385. The average Bonchev–Trinajstić information content (AvgIpc) is 3.17. The molecule has 3 aromatic carbocycles. The van der Waals surface area contributed by atoms with E-state index in [1.165, 1.54) is 12.3 Å². The Labute approximate surface area is 181 Å². The zero-order valence-corrected chi connectivity index (χ0v) is 17.0. The van der Waals surface area contributed by atoms with Crippen LogP contribution in [0.3, 0.4) is 0 Å². The molecule has 156 valence electrons. The van der Waals surface area contributed by atoms with Crippen LogP contribution in [-0.2, 0) is 0 Å². The van der Waals surface area contributed by atoms with Gasteiger partial charge in [-0.25, -0.2) is 4.98 Å². The fraction of sp³-hybridized carbons (Fsp3) is 0.0909. The van der Waals surface area contributed by atoms with Crippen LogP contribution in [-0.4, -0.2) is 22.7 Å². The maximum Gasteiger partial charge on any atom is 0.273 e. The molecule has 9 heteroatoms. The van der Waals surface area contributed by atoms with Crippen LogP contribution in [0.15, 0.2) is 64.0 Å². The van der Waals surface area contributed by atoms with Crippen molar-refractivity contribution in [3.05, 3.63) is 75.3 Å². The maximum absolute atomic E-state index is 12.5. The van der Waals surface area contributed by atoms with E-state index in [1.807, 2.05) is 12.1 Å². The number of aromatic nitrogens is 1. The van der Waals surface area contributed by atoms with E-state index >= 15 is 0 Å². The minimum absolute atomic E-state index is 0.0506. The van der Waals surface area contributed by atoms with Crippen molar-refractivity contribution in [2.45, 2.75) is 6.92 Å². The summed E-state index contributed by atoms with van der Waals surface area (Å²) in [6.07, 6.45) is 1.27. The second-order valence-corrected chi connectivity index (χ2v) is 6.87. The summed E-state index contributed by atoms with van der Waals surface area (Å²) in [5.74, 6) is -0.183. The Morgan fingerprint density at radius 3 is 2.77 bits per heavy atom. The highest BCUT2D eigenvalue weighted by Crippen LogP contribution is 2.33. The van der Waals surface area contributed by atoms with E-state index in [0.29, 0.717) is 33.3 Å². The van der Waals surface area contributed by atoms with Gasteiger partial charge in [0.1, 0.15) is 11.3 Å². The normalized spacial score (nSPS) is 11.3. The van der Waals surface area contributed by atoms with E-state index in [4.69, 9.17) is 20.8 Å². The number of non-ortho nitro benzene ring substituents is 1. The molecule has 31 heavy (non-hydrogen) atoms. The highest BCUT2D eigenvalue weighted by Gasteiger charge is 2.13. The van der Waals surface area contributed by atoms with Crippen LogP contribution < -0.4 is 9.84 Å². The molecule has 0 atom stereocenters. The van der Waals surface area contributed by atoms with E-state index in [-0.39, 0.29) is 23.6 Å². The summed E-state index contributed by atoms with van der Waals surface area (Å²) < 4.78 is 11.0. The average molecular weight is 437 g/mol. The van der Waals surface area contributed by atoms with Crippen molar-refractivity contribution in [1.29, 1.82) is 0 Å². The molecule has 0 aliphatic heterocycles. The molecule has 0 saturated heterocycles. The van der Waals surface area contributed by atoms with Gasteiger partial charge in [-0.1, -0.05) is 29.5 Å². The number of nitrogens with zero attached hydrogens (tertiary/aromatic N) is 3. The highest BCUT2D eigenvalue weighted by molar-refractivity contribution is 6.33. The third-order valence-electron chi connectivity index (χ3n) is 4.41. The van der Waals surface area contributed by atoms with E-state index in [2.05, 4.69) is 9.98 Å². The Hall–Kier alpha value is -3.91. The van der Waals surface area contributed by atoms with Crippen molar-refractivity contribution in [3.8, 4) is 23.0 Å². The van der Waals surface area contributed by atoms with Crippen LogP contribution >= 0.6 is 11.6 Å². The van der Waals surface area contributed by atoms with Crippen molar-refractivity contribution in [1.82, 2.24) is 4.98 Å². The van der Waals surface area contributed by atoms with E-state index < -0.39 is 10.7 Å². The molecule has 0 aliphatic carbocycles. The number of nitro benzene ring substituents is 1. The van der Waals surface area contributed by atoms with Gasteiger partial charge >= 0.3 is 0 Å². The number of hydrogen-bond acceptors (Lipinski definition) is 7. The number of fused-ring (bicyclic) bond motifs is 1. The first kappa shape index (κ1) is 20.4. The summed E-state index contributed by atoms with van der Waals surface area (Å²) in [6, 6.07) is 14.6. The van der Waals surface area contributed by atoms with Gasteiger partial charge < -0.3 is 14.3 Å². The fourth-order valence-corrected chi connectivity index (χ4v) is 3.18. The predicted molar refractivity (Wildman–Crippen MR) is 115 cm³/mol. The van der Waals surface area contributed by atoms with Crippen LogP contribution in [0.25, 0.3) is 22.6 Å². The molecule has 1 aromatic heterocycles. The second kappa shape index (κ2) is 8.45. The minimum Gasteiger partial charge on any atom is -0.870 e. The molecule has 0 amide bonds. The van der Waals surface area contributed by atoms with Crippen LogP contribution in [0.1, 0.15) is 12.5 Å².